The summed E-state index contributed by atoms with van der Waals surface area (Å²) in [5, 5.41) is 10.9. The minimum absolute atomic E-state index is 0.0198. The number of carbonyl (C=O) groups excluding carboxylic acids is 2. The van der Waals surface area contributed by atoms with Crippen LogP contribution < -0.4 is 9.47 Å². The van der Waals surface area contributed by atoms with Crippen LogP contribution in [0.1, 0.15) is 17.2 Å². The van der Waals surface area contributed by atoms with E-state index in [0.29, 0.717) is 22.6 Å². The monoisotopic (exact) mass is 457 g/mol. The van der Waals surface area contributed by atoms with Crippen molar-refractivity contribution in [1.29, 1.82) is 0 Å². The van der Waals surface area contributed by atoms with Crippen molar-refractivity contribution in [2.75, 3.05) is 20.8 Å². The molecule has 0 saturated carbocycles. The van der Waals surface area contributed by atoms with Gasteiger partial charge in [0.05, 0.1) is 25.8 Å². The smallest absolute Gasteiger partial charge is 0.295 e. The van der Waals surface area contributed by atoms with Crippen LogP contribution in [0.3, 0.4) is 0 Å². The maximum absolute atomic E-state index is 12.8. The van der Waals surface area contributed by atoms with Crippen LogP contribution in [0.5, 0.6) is 11.5 Å². The van der Waals surface area contributed by atoms with Crippen LogP contribution in [0.15, 0.2) is 65.2 Å². The number of halogens is 1. The highest BCUT2D eigenvalue weighted by molar-refractivity contribution is 9.10. The molecule has 1 saturated heterocycles. The number of likely N-dealkylation sites (tertiary alicyclic amines) is 1. The number of carbonyl (C=O) groups is 2. The number of ketones is 1. The predicted molar refractivity (Wildman–Crippen MR) is 113 cm³/mol. The van der Waals surface area contributed by atoms with Gasteiger partial charge < -0.3 is 19.5 Å². The normalized spacial score (nSPS) is 18.0. The number of rotatable bonds is 6. The van der Waals surface area contributed by atoms with Gasteiger partial charge >= 0.3 is 0 Å². The average molecular weight is 458 g/mol. The molecule has 7 heteroatoms. The summed E-state index contributed by atoms with van der Waals surface area (Å²) in [4.78, 5) is 26.9. The van der Waals surface area contributed by atoms with Crippen LogP contribution >= 0.6 is 15.9 Å². The van der Waals surface area contributed by atoms with E-state index in [0.717, 1.165) is 4.47 Å². The quantitative estimate of drug-likeness (QED) is 0.306. The molecule has 29 heavy (non-hydrogen) atoms. The molecule has 3 rings (SSSR count). The summed E-state index contributed by atoms with van der Waals surface area (Å²) >= 11 is 3.34. The summed E-state index contributed by atoms with van der Waals surface area (Å²) in [6.45, 7) is 3.83. The summed E-state index contributed by atoms with van der Waals surface area (Å²) in [7, 11) is 3.03. The van der Waals surface area contributed by atoms with Crippen molar-refractivity contribution in [2.45, 2.75) is 6.04 Å². The molecule has 0 unspecified atom stereocenters. The lowest BCUT2D eigenvalue weighted by Crippen LogP contribution is -2.29. The van der Waals surface area contributed by atoms with Gasteiger partial charge in [0, 0.05) is 16.6 Å². The van der Waals surface area contributed by atoms with Crippen molar-refractivity contribution in [1.82, 2.24) is 4.90 Å². The van der Waals surface area contributed by atoms with Crippen molar-refractivity contribution in [2.24, 2.45) is 0 Å². The van der Waals surface area contributed by atoms with Crippen LogP contribution in [0.2, 0.25) is 0 Å². The first-order valence-electron chi connectivity index (χ1n) is 8.80. The van der Waals surface area contributed by atoms with Crippen LogP contribution in [0, 0.1) is 0 Å². The molecule has 2 aromatic carbocycles. The summed E-state index contributed by atoms with van der Waals surface area (Å²) < 4.78 is 11.5. The topological polar surface area (TPSA) is 76.1 Å². The molecule has 1 aliphatic rings. The number of ether oxygens (including phenoxy) is 2. The molecule has 150 valence electrons. The van der Waals surface area contributed by atoms with Gasteiger partial charge in [0.1, 0.15) is 5.76 Å². The second-order valence-corrected chi connectivity index (χ2v) is 7.28. The van der Waals surface area contributed by atoms with E-state index in [1.807, 2.05) is 0 Å². The zero-order chi connectivity index (χ0) is 21.1. The van der Waals surface area contributed by atoms with E-state index in [-0.39, 0.29) is 17.9 Å². The minimum Gasteiger partial charge on any atom is -0.507 e. The second-order valence-electron chi connectivity index (χ2n) is 6.36. The number of hydrogen-bond donors (Lipinski definition) is 1. The van der Waals surface area contributed by atoms with Crippen molar-refractivity contribution < 1.29 is 24.2 Å². The third-order valence-corrected chi connectivity index (χ3v) is 5.24. The van der Waals surface area contributed by atoms with E-state index in [2.05, 4.69) is 22.5 Å². The van der Waals surface area contributed by atoms with Gasteiger partial charge in [0.25, 0.3) is 11.7 Å². The highest BCUT2D eigenvalue weighted by Gasteiger charge is 2.45. The molecule has 1 amide bonds. The summed E-state index contributed by atoms with van der Waals surface area (Å²) in [6, 6.07) is 11.2. The first kappa shape index (κ1) is 20.7. The highest BCUT2D eigenvalue weighted by Crippen LogP contribution is 2.41. The maximum atomic E-state index is 12.8. The number of nitrogens with zero attached hydrogens (tertiary/aromatic N) is 1. The van der Waals surface area contributed by atoms with Crippen LogP contribution in [-0.2, 0) is 9.59 Å². The van der Waals surface area contributed by atoms with Crippen molar-refractivity contribution in [3.63, 3.8) is 0 Å². The van der Waals surface area contributed by atoms with Gasteiger partial charge in [-0.15, -0.1) is 6.58 Å². The van der Waals surface area contributed by atoms with Gasteiger partial charge in [0.2, 0.25) is 0 Å². The number of hydrogen-bond acceptors (Lipinski definition) is 5. The molecular formula is C22H20BrNO5. The molecule has 2 aromatic rings. The third-order valence-electron chi connectivity index (χ3n) is 4.71. The first-order valence-corrected chi connectivity index (χ1v) is 9.59. The minimum atomic E-state index is -0.781. The molecule has 0 aromatic heterocycles. The van der Waals surface area contributed by atoms with Gasteiger partial charge in [-0.25, -0.2) is 0 Å². The molecule has 0 aliphatic carbocycles. The Morgan fingerprint density at radius 1 is 1.14 bits per heavy atom. The molecule has 0 spiro atoms. The third kappa shape index (κ3) is 3.78. The zero-order valence-electron chi connectivity index (χ0n) is 16.0. The fraction of sp³-hybridized carbons (Fsp3) is 0.182. The van der Waals surface area contributed by atoms with E-state index < -0.39 is 17.7 Å². The van der Waals surface area contributed by atoms with Gasteiger partial charge in [-0.2, -0.15) is 0 Å². The van der Waals surface area contributed by atoms with E-state index in [1.54, 1.807) is 48.5 Å². The molecule has 1 N–H and O–H groups in total. The van der Waals surface area contributed by atoms with E-state index in [1.165, 1.54) is 19.1 Å². The Morgan fingerprint density at radius 3 is 2.38 bits per heavy atom. The maximum Gasteiger partial charge on any atom is 0.295 e. The van der Waals surface area contributed by atoms with Crippen molar-refractivity contribution in [3.05, 3.63) is 76.3 Å². The standard InChI is InChI=1S/C22H20BrNO5/c1-4-11-24-19(14-7-10-16(28-2)17(12-14)29-3)18(21(26)22(24)27)20(25)13-5-8-15(23)9-6-13/h4-10,12,19,25H,1,11H2,2-3H3/t19-/m1/s1. The summed E-state index contributed by atoms with van der Waals surface area (Å²) in [5.41, 5.74) is 1.07. The molecule has 6 nitrogen and oxygen atoms in total. The zero-order valence-corrected chi connectivity index (χ0v) is 17.6. The average Bonchev–Trinajstić information content (AvgIpc) is 2.98. The van der Waals surface area contributed by atoms with Gasteiger partial charge in [0.15, 0.2) is 11.5 Å². The molecule has 0 bridgehead atoms. The van der Waals surface area contributed by atoms with Gasteiger partial charge in [-0.1, -0.05) is 40.2 Å². The van der Waals surface area contributed by atoms with Gasteiger partial charge in [-0.05, 0) is 29.8 Å². The van der Waals surface area contributed by atoms with Crippen LogP contribution in [0.25, 0.3) is 5.76 Å². The molecule has 1 fully saturated rings. The van der Waals surface area contributed by atoms with E-state index in [4.69, 9.17) is 9.47 Å². The Morgan fingerprint density at radius 2 is 1.79 bits per heavy atom. The molecule has 0 radical (unpaired) electrons. The van der Waals surface area contributed by atoms with E-state index >= 15 is 0 Å². The van der Waals surface area contributed by atoms with Crippen LogP contribution in [0.4, 0.5) is 0 Å². The number of amides is 1. The fourth-order valence-corrected chi connectivity index (χ4v) is 3.60. The Balaban J connectivity index is 2.21. The van der Waals surface area contributed by atoms with Gasteiger partial charge in [-0.3, -0.25) is 9.59 Å². The summed E-state index contributed by atoms with van der Waals surface area (Å²) in [6.07, 6.45) is 1.54. The predicted octanol–water partition coefficient (Wildman–Crippen LogP) is 4.07. The Bertz CT molecular complexity index is 997. The molecule has 1 heterocycles. The molecular weight excluding hydrogens is 438 g/mol. The highest BCUT2D eigenvalue weighted by atomic mass is 79.9. The number of Topliss-reactive ketones (excluding diaryl/α,β-unsaturated/α-hetero) is 1. The molecule has 1 aliphatic heterocycles. The largest absolute Gasteiger partial charge is 0.507 e. The Hall–Kier alpha value is -3.06. The van der Waals surface area contributed by atoms with Crippen molar-refractivity contribution in [3.8, 4) is 11.5 Å². The number of methoxy groups -OCH3 is 2. The molecule has 1 atom stereocenters. The lowest BCUT2D eigenvalue weighted by Gasteiger charge is -2.24. The second kappa shape index (κ2) is 8.53. The Labute approximate surface area is 177 Å². The van der Waals surface area contributed by atoms with E-state index in [9.17, 15) is 14.7 Å². The van der Waals surface area contributed by atoms with Crippen molar-refractivity contribution >= 4 is 33.4 Å². The SMILES string of the molecule is C=CCN1C(=O)C(=O)C(=C(O)c2ccc(Br)cc2)[C@H]1c1ccc(OC)c(OC)c1. The lowest BCUT2D eigenvalue weighted by molar-refractivity contribution is -0.139. The van der Waals surface area contributed by atoms with Crippen LogP contribution in [-0.4, -0.2) is 42.5 Å². The summed E-state index contributed by atoms with van der Waals surface area (Å²) in [5.74, 6) is -0.694. The first-order chi connectivity index (χ1) is 13.9. The number of benzene rings is 2. The lowest BCUT2D eigenvalue weighted by atomic mass is 9.95. The fourth-order valence-electron chi connectivity index (χ4n) is 3.34. The number of aliphatic hydroxyl groups is 1. The Kier molecular flexibility index (Phi) is 6.08. The number of aliphatic hydroxyl groups excluding tert-OH is 1.